The molecule has 0 aliphatic heterocycles. The van der Waals surface area contributed by atoms with E-state index in [1.807, 2.05) is 13.8 Å². The number of hydrogen-bond donors (Lipinski definition) is 2. The molecule has 0 bridgehead atoms. The minimum absolute atomic E-state index is 0.0759. The van der Waals surface area contributed by atoms with Crippen LogP contribution in [-0.2, 0) is 11.3 Å². The summed E-state index contributed by atoms with van der Waals surface area (Å²) in [6.45, 7) is 6.59. The fourth-order valence-electron chi connectivity index (χ4n) is 1.84. The highest BCUT2D eigenvalue weighted by Gasteiger charge is 2.12. The Bertz CT molecular complexity index is 430. The summed E-state index contributed by atoms with van der Waals surface area (Å²) in [5.74, 6) is 0.988. The van der Waals surface area contributed by atoms with Gasteiger partial charge in [-0.25, -0.2) is 0 Å². The van der Waals surface area contributed by atoms with Crippen LogP contribution in [0, 0.1) is 20.8 Å². The van der Waals surface area contributed by atoms with E-state index in [9.17, 15) is 4.79 Å². The van der Waals surface area contributed by atoms with E-state index in [2.05, 4.69) is 30.9 Å². The molecule has 0 saturated carbocycles. The van der Waals surface area contributed by atoms with Crippen molar-refractivity contribution in [3.63, 3.8) is 0 Å². The number of methoxy groups -OCH3 is 1. The number of aryl methyl sites for hydroxylation is 2. The van der Waals surface area contributed by atoms with E-state index < -0.39 is 0 Å². The number of rotatable bonds is 4. The molecular formula is C13H19NO2S. The summed E-state index contributed by atoms with van der Waals surface area (Å²) < 4.78 is 5.43. The van der Waals surface area contributed by atoms with Crippen molar-refractivity contribution in [2.75, 3.05) is 12.9 Å². The van der Waals surface area contributed by atoms with Gasteiger partial charge in [0.2, 0.25) is 5.91 Å². The maximum absolute atomic E-state index is 11.2. The van der Waals surface area contributed by atoms with Crippen LogP contribution < -0.4 is 10.1 Å². The topological polar surface area (TPSA) is 38.3 Å². The Hall–Kier alpha value is -1.16. The third-order valence-corrected chi connectivity index (χ3v) is 3.21. The van der Waals surface area contributed by atoms with Crippen LogP contribution in [0.5, 0.6) is 5.75 Å². The number of benzene rings is 1. The number of amides is 1. The summed E-state index contributed by atoms with van der Waals surface area (Å²) in [7, 11) is 1.66. The largest absolute Gasteiger partial charge is 0.496 e. The van der Waals surface area contributed by atoms with Crippen molar-refractivity contribution in [3.8, 4) is 5.75 Å². The van der Waals surface area contributed by atoms with Gasteiger partial charge in [-0.05, 0) is 37.5 Å². The Labute approximate surface area is 108 Å². The molecular weight excluding hydrogens is 234 g/mol. The van der Waals surface area contributed by atoms with Crippen LogP contribution >= 0.6 is 12.6 Å². The molecule has 4 heteroatoms. The first-order valence-electron chi connectivity index (χ1n) is 5.52. The molecule has 0 aliphatic rings. The van der Waals surface area contributed by atoms with Crippen LogP contribution in [0.15, 0.2) is 6.07 Å². The van der Waals surface area contributed by atoms with E-state index in [-0.39, 0.29) is 11.7 Å². The van der Waals surface area contributed by atoms with E-state index in [0.29, 0.717) is 6.54 Å². The molecule has 0 aromatic heterocycles. The number of thiol groups is 1. The molecule has 17 heavy (non-hydrogen) atoms. The Morgan fingerprint density at radius 1 is 1.35 bits per heavy atom. The predicted octanol–water partition coefficient (Wildman–Crippen LogP) is 2.17. The second-order valence-electron chi connectivity index (χ2n) is 4.08. The molecule has 0 aliphatic carbocycles. The second kappa shape index (κ2) is 5.96. The van der Waals surface area contributed by atoms with Gasteiger partial charge in [-0.3, -0.25) is 4.79 Å². The predicted molar refractivity (Wildman–Crippen MR) is 72.9 cm³/mol. The Morgan fingerprint density at radius 2 is 2.00 bits per heavy atom. The fraction of sp³-hybridized carbons (Fsp3) is 0.462. The van der Waals surface area contributed by atoms with Gasteiger partial charge < -0.3 is 10.1 Å². The van der Waals surface area contributed by atoms with Crippen LogP contribution in [0.4, 0.5) is 0 Å². The van der Waals surface area contributed by atoms with Gasteiger partial charge >= 0.3 is 0 Å². The average molecular weight is 253 g/mol. The van der Waals surface area contributed by atoms with Gasteiger partial charge in [0.05, 0.1) is 12.9 Å². The van der Waals surface area contributed by atoms with Gasteiger partial charge in [0, 0.05) is 12.1 Å². The molecule has 0 heterocycles. The normalized spacial score (nSPS) is 10.2. The number of carbonyl (C=O) groups is 1. The summed E-state index contributed by atoms with van der Waals surface area (Å²) in [6.07, 6.45) is 0. The zero-order chi connectivity index (χ0) is 13.0. The van der Waals surface area contributed by atoms with E-state index in [4.69, 9.17) is 4.74 Å². The SMILES string of the molecule is COc1c(C)c(C)cc(C)c1CNC(=O)CS. The van der Waals surface area contributed by atoms with Crippen molar-refractivity contribution in [2.24, 2.45) is 0 Å². The molecule has 1 rings (SSSR count). The Morgan fingerprint density at radius 3 is 2.53 bits per heavy atom. The maximum atomic E-state index is 11.2. The van der Waals surface area contributed by atoms with Gasteiger partial charge in [0.15, 0.2) is 0 Å². The molecule has 94 valence electrons. The van der Waals surface area contributed by atoms with Crippen molar-refractivity contribution in [3.05, 3.63) is 28.3 Å². The number of hydrogen-bond acceptors (Lipinski definition) is 3. The lowest BCUT2D eigenvalue weighted by Gasteiger charge is -2.16. The van der Waals surface area contributed by atoms with Gasteiger partial charge in [-0.2, -0.15) is 12.6 Å². The molecule has 1 aromatic carbocycles. The quantitative estimate of drug-likeness (QED) is 0.807. The Balaban J connectivity index is 3.05. The highest BCUT2D eigenvalue weighted by molar-refractivity contribution is 7.81. The van der Waals surface area contributed by atoms with Crippen LogP contribution in [-0.4, -0.2) is 18.8 Å². The van der Waals surface area contributed by atoms with Crippen LogP contribution in [0.3, 0.4) is 0 Å². The van der Waals surface area contributed by atoms with Crippen LogP contribution in [0.2, 0.25) is 0 Å². The maximum Gasteiger partial charge on any atom is 0.229 e. The summed E-state index contributed by atoms with van der Waals surface area (Å²) in [5, 5.41) is 2.82. The molecule has 0 saturated heterocycles. The van der Waals surface area contributed by atoms with Gasteiger partial charge in [-0.15, -0.1) is 0 Å². The smallest absolute Gasteiger partial charge is 0.229 e. The molecule has 0 atom stereocenters. The summed E-state index contributed by atoms with van der Waals surface area (Å²) in [6, 6.07) is 2.11. The van der Waals surface area contributed by atoms with Crippen molar-refractivity contribution in [1.82, 2.24) is 5.32 Å². The third-order valence-electron chi connectivity index (χ3n) is 2.93. The highest BCUT2D eigenvalue weighted by atomic mass is 32.1. The molecule has 0 unspecified atom stereocenters. The monoisotopic (exact) mass is 253 g/mol. The van der Waals surface area contributed by atoms with E-state index >= 15 is 0 Å². The van der Waals surface area contributed by atoms with E-state index in [0.717, 1.165) is 22.4 Å². The molecule has 3 nitrogen and oxygen atoms in total. The second-order valence-corrected chi connectivity index (χ2v) is 4.40. The van der Waals surface area contributed by atoms with Gasteiger partial charge in [0.1, 0.15) is 5.75 Å². The van der Waals surface area contributed by atoms with E-state index in [1.54, 1.807) is 7.11 Å². The lowest BCUT2D eigenvalue weighted by Crippen LogP contribution is -2.24. The number of carbonyl (C=O) groups excluding carboxylic acids is 1. The van der Waals surface area contributed by atoms with Crippen molar-refractivity contribution in [1.29, 1.82) is 0 Å². The van der Waals surface area contributed by atoms with Gasteiger partial charge in [-0.1, -0.05) is 6.07 Å². The number of nitrogens with one attached hydrogen (secondary N) is 1. The van der Waals surface area contributed by atoms with Crippen molar-refractivity contribution < 1.29 is 9.53 Å². The summed E-state index contributed by atoms with van der Waals surface area (Å²) in [5.41, 5.74) is 4.48. The molecule has 0 spiro atoms. The van der Waals surface area contributed by atoms with Crippen LogP contribution in [0.1, 0.15) is 22.3 Å². The zero-order valence-corrected chi connectivity index (χ0v) is 11.6. The molecule has 1 amide bonds. The standard InChI is InChI=1S/C13H19NO2S/c1-8-5-9(2)11(6-14-12(15)7-17)13(16-4)10(8)3/h5,17H,6-7H2,1-4H3,(H,14,15). The van der Waals surface area contributed by atoms with Crippen LogP contribution in [0.25, 0.3) is 0 Å². The zero-order valence-electron chi connectivity index (χ0n) is 10.8. The first-order chi connectivity index (χ1) is 8.01. The third kappa shape index (κ3) is 3.16. The molecule has 0 radical (unpaired) electrons. The summed E-state index contributed by atoms with van der Waals surface area (Å²) >= 11 is 3.93. The lowest BCUT2D eigenvalue weighted by atomic mass is 9.99. The molecule has 1 N–H and O–H groups in total. The fourth-order valence-corrected chi connectivity index (χ4v) is 1.96. The highest BCUT2D eigenvalue weighted by Crippen LogP contribution is 2.29. The van der Waals surface area contributed by atoms with Gasteiger partial charge in [0.25, 0.3) is 0 Å². The minimum Gasteiger partial charge on any atom is -0.496 e. The first kappa shape index (κ1) is 13.9. The number of ether oxygens (including phenoxy) is 1. The minimum atomic E-state index is -0.0759. The van der Waals surface area contributed by atoms with Crippen molar-refractivity contribution >= 4 is 18.5 Å². The Kier molecular flexibility index (Phi) is 4.87. The lowest BCUT2D eigenvalue weighted by molar-refractivity contribution is -0.118. The average Bonchev–Trinajstić information content (AvgIpc) is 2.31. The first-order valence-corrected chi connectivity index (χ1v) is 6.15. The molecule has 0 fully saturated rings. The molecule has 1 aromatic rings. The summed E-state index contributed by atoms with van der Waals surface area (Å²) in [4.78, 5) is 11.2. The van der Waals surface area contributed by atoms with E-state index in [1.165, 1.54) is 5.56 Å². The van der Waals surface area contributed by atoms with Crippen molar-refractivity contribution in [2.45, 2.75) is 27.3 Å².